The van der Waals surface area contributed by atoms with Crippen LogP contribution < -0.4 is 4.90 Å². The van der Waals surface area contributed by atoms with Crippen molar-refractivity contribution in [1.29, 1.82) is 0 Å². The zero-order valence-corrected chi connectivity index (χ0v) is 16.2. The number of para-hydroxylation sites is 1. The van der Waals surface area contributed by atoms with Crippen molar-refractivity contribution in [1.82, 2.24) is 0 Å². The van der Waals surface area contributed by atoms with Crippen LogP contribution in [0.15, 0.2) is 96.9 Å². The molecule has 0 bridgehead atoms. The molecule has 0 spiro atoms. The van der Waals surface area contributed by atoms with E-state index in [1.807, 2.05) is 19.1 Å². The summed E-state index contributed by atoms with van der Waals surface area (Å²) in [6.07, 6.45) is 12.5. The second kappa shape index (κ2) is 10.2. The van der Waals surface area contributed by atoms with E-state index in [0.717, 1.165) is 24.2 Å². The Morgan fingerprint density at radius 3 is 2.27 bits per heavy atom. The molecule has 0 unspecified atom stereocenters. The highest BCUT2D eigenvalue weighted by Crippen LogP contribution is 2.26. The van der Waals surface area contributed by atoms with Crippen LogP contribution in [0.1, 0.15) is 38.3 Å². The first-order valence-corrected chi connectivity index (χ1v) is 9.32. The lowest BCUT2D eigenvalue weighted by Crippen LogP contribution is -2.19. The summed E-state index contributed by atoms with van der Waals surface area (Å²) >= 11 is 0. The molecule has 0 saturated carbocycles. The first-order valence-electron chi connectivity index (χ1n) is 9.32. The van der Waals surface area contributed by atoms with Crippen LogP contribution in [0.3, 0.4) is 0 Å². The van der Waals surface area contributed by atoms with Crippen molar-refractivity contribution in [3.8, 4) is 0 Å². The molecule has 26 heavy (non-hydrogen) atoms. The molecule has 0 aromatic heterocycles. The summed E-state index contributed by atoms with van der Waals surface area (Å²) in [5, 5.41) is 0. The highest BCUT2D eigenvalue weighted by atomic mass is 15.1. The van der Waals surface area contributed by atoms with E-state index in [1.54, 1.807) is 0 Å². The van der Waals surface area contributed by atoms with Crippen LogP contribution in [0.25, 0.3) is 6.08 Å². The zero-order chi connectivity index (χ0) is 18.8. The molecule has 0 heterocycles. The predicted octanol–water partition coefficient (Wildman–Crippen LogP) is 7.15. The van der Waals surface area contributed by atoms with Gasteiger partial charge in [-0.15, -0.1) is 0 Å². The summed E-state index contributed by atoms with van der Waals surface area (Å²) in [5.74, 6) is 0. The summed E-state index contributed by atoms with van der Waals surface area (Å²) in [6.45, 7) is 10.7. The smallest absolute Gasteiger partial charge is 0.0458 e. The first kappa shape index (κ1) is 19.5. The van der Waals surface area contributed by atoms with Crippen LogP contribution in [0.5, 0.6) is 0 Å². The molecule has 0 N–H and O–H groups in total. The molecule has 0 aliphatic carbocycles. The Morgan fingerprint density at radius 1 is 1.00 bits per heavy atom. The topological polar surface area (TPSA) is 3.24 Å². The van der Waals surface area contributed by atoms with Crippen LogP contribution >= 0.6 is 0 Å². The molecular formula is C25H29N. The van der Waals surface area contributed by atoms with E-state index in [0.29, 0.717) is 0 Å². The molecular weight excluding hydrogens is 314 g/mol. The van der Waals surface area contributed by atoms with Crippen LogP contribution in [-0.4, -0.2) is 0 Å². The second-order valence-electron chi connectivity index (χ2n) is 6.13. The number of aryl methyl sites for hydroxylation is 1. The van der Waals surface area contributed by atoms with Crippen molar-refractivity contribution < 1.29 is 0 Å². The average Bonchev–Trinajstić information content (AvgIpc) is 2.70. The summed E-state index contributed by atoms with van der Waals surface area (Å²) in [4.78, 5) is 2.22. The predicted molar refractivity (Wildman–Crippen MR) is 116 cm³/mol. The van der Waals surface area contributed by atoms with E-state index in [-0.39, 0.29) is 0 Å². The number of anilines is 1. The number of allylic oxidation sites excluding steroid dienone is 5. The number of rotatable bonds is 8. The standard InChI is InChI=1S/C25H29N/c1-5-8-12-24(7-3)26(25-13-10-9-11-14-25)21(4)15-16-23-19-17-22(6-2)18-20-23/h5,8-20H,4,6-7H2,1-3H3/b8-5-,16-15+,24-12+. The van der Waals surface area contributed by atoms with E-state index in [2.05, 4.69) is 98.2 Å². The minimum absolute atomic E-state index is 0.928. The third-order valence-corrected chi connectivity index (χ3v) is 4.29. The molecule has 0 radical (unpaired) electrons. The summed E-state index contributed by atoms with van der Waals surface area (Å²) in [5.41, 5.74) is 5.83. The van der Waals surface area contributed by atoms with Gasteiger partial charge in [0.25, 0.3) is 0 Å². The van der Waals surface area contributed by atoms with Crippen molar-refractivity contribution >= 4 is 11.8 Å². The first-order chi connectivity index (χ1) is 12.7. The van der Waals surface area contributed by atoms with E-state index in [9.17, 15) is 0 Å². The molecule has 0 saturated heterocycles. The van der Waals surface area contributed by atoms with Gasteiger partial charge < -0.3 is 4.90 Å². The summed E-state index contributed by atoms with van der Waals surface area (Å²) in [6, 6.07) is 19.1. The number of nitrogens with zero attached hydrogens (tertiary/aromatic N) is 1. The zero-order valence-electron chi connectivity index (χ0n) is 16.2. The molecule has 0 fully saturated rings. The van der Waals surface area contributed by atoms with Gasteiger partial charge in [-0.05, 0) is 55.2 Å². The van der Waals surface area contributed by atoms with Crippen molar-refractivity contribution in [3.63, 3.8) is 0 Å². The molecule has 0 aliphatic heterocycles. The number of hydrogen-bond donors (Lipinski definition) is 0. The Kier molecular flexibility index (Phi) is 7.70. The monoisotopic (exact) mass is 343 g/mol. The van der Waals surface area contributed by atoms with Gasteiger partial charge >= 0.3 is 0 Å². The maximum Gasteiger partial charge on any atom is 0.0458 e. The number of hydrogen-bond acceptors (Lipinski definition) is 1. The highest BCUT2D eigenvalue weighted by molar-refractivity contribution is 5.63. The highest BCUT2D eigenvalue weighted by Gasteiger charge is 2.12. The van der Waals surface area contributed by atoms with Crippen LogP contribution in [-0.2, 0) is 6.42 Å². The molecule has 134 valence electrons. The Bertz CT molecular complexity index is 777. The fraction of sp³-hybridized carbons (Fsp3) is 0.200. The average molecular weight is 344 g/mol. The molecule has 2 rings (SSSR count). The SMILES string of the molecule is C=C(/C=C/c1ccc(CC)cc1)N(/C(=C/C=C\C)CC)c1ccccc1. The van der Waals surface area contributed by atoms with Crippen molar-refractivity contribution in [3.05, 3.63) is 108 Å². The maximum absolute atomic E-state index is 4.33. The fourth-order valence-electron chi connectivity index (χ4n) is 2.78. The molecule has 0 atom stereocenters. The normalized spacial score (nSPS) is 12.0. The van der Waals surface area contributed by atoms with Gasteiger partial charge in [0.2, 0.25) is 0 Å². The Hall–Kier alpha value is -2.80. The van der Waals surface area contributed by atoms with Crippen molar-refractivity contribution in [2.24, 2.45) is 0 Å². The van der Waals surface area contributed by atoms with Crippen LogP contribution in [0, 0.1) is 0 Å². The van der Waals surface area contributed by atoms with Gasteiger partial charge in [0.1, 0.15) is 0 Å². The molecule has 2 aromatic carbocycles. The van der Waals surface area contributed by atoms with Gasteiger partial charge in [0, 0.05) is 17.1 Å². The summed E-state index contributed by atoms with van der Waals surface area (Å²) < 4.78 is 0. The minimum atomic E-state index is 0.928. The molecule has 1 heteroatoms. The molecule has 0 amide bonds. The van der Waals surface area contributed by atoms with E-state index in [4.69, 9.17) is 0 Å². The van der Waals surface area contributed by atoms with Gasteiger partial charge in [-0.3, -0.25) is 0 Å². The quantitative estimate of drug-likeness (QED) is 0.460. The van der Waals surface area contributed by atoms with E-state index in [1.165, 1.54) is 16.8 Å². The Balaban J connectivity index is 2.31. The fourth-order valence-corrected chi connectivity index (χ4v) is 2.78. The van der Waals surface area contributed by atoms with Crippen molar-refractivity contribution in [2.75, 3.05) is 4.90 Å². The van der Waals surface area contributed by atoms with Gasteiger partial charge in [0.05, 0.1) is 0 Å². The van der Waals surface area contributed by atoms with Gasteiger partial charge in [-0.25, -0.2) is 0 Å². The lowest BCUT2D eigenvalue weighted by molar-refractivity contribution is 0.987. The largest absolute Gasteiger partial charge is 0.315 e. The lowest BCUT2D eigenvalue weighted by Gasteiger charge is -2.27. The molecule has 1 nitrogen and oxygen atoms in total. The third-order valence-electron chi connectivity index (χ3n) is 4.29. The van der Waals surface area contributed by atoms with Crippen LogP contribution in [0.4, 0.5) is 5.69 Å². The Morgan fingerprint density at radius 2 is 1.69 bits per heavy atom. The minimum Gasteiger partial charge on any atom is -0.315 e. The Labute approximate surface area is 158 Å². The molecule has 0 aliphatic rings. The summed E-state index contributed by atoms with van der Waals surface area (Å²) in [7, 11) is 0. The molecule has 2 aromatic rings. The number of benzene rings is 2. The third kappa shape index (κ3) is 5.35. The van der Waals surface area contributed by atoms with Gasteiger partial charge in [-0.1, -0.05) is 81.1 Å². The second-order valence-corrected chi connectivity index (χ2v) is 6.13. The maximum atomic E-state index is 4.33. The lowest BCUT2D eigenvalue weighted by atomic mass is 10.1. The van der Waals surface area contributed by atoms with Crippen LogP contribution in [0.2, 0.25) is 0 Å². The van der Waals surface area contributed by atoms with E-state index >= 15 is 0 Å². The van der Waals surface area contributed by atoms with Crippen molar-refractivity contribution in [2.45, 2.75) is 33.6 Å². The van der Waals surface area contributed by atoms with Gasteiger partial charge in [-0.2, -0.15) is 0 Å². The van der Waals surface area contributed by atoms with E-state index < -0.39 is 0 Å². The van der Waals surface area contributed by atoms with Gasteiger partial charge in [0.15, 0.2) is 0 Å².